The molecule has 0 saturated carbocycles. The third-order valence-electron chi connectivity index (χ3n) is 4.75. The Morgan fingerprint density at radius 1 is 1.00 bits per heavy atom. The van der Waals surface area contributed by atoms with Crippen LogP contribution in [0.2, 0.25) is 0 Å². The topological polar surface area (TPSA) is 52.0 Å². The van der Waals surface area contributed by atoms with E-state index in [0.29, 0.717) is 11.0 Å². The molecule has 152 valence electrons. The van der Waals surface area contributed by atoms with E-state index in [1.807, 2.05) is 42.7 Å². The average molecular weight is 439 g/mol. The van der Waals surface area contributed by atoms with Crippen LogP contribution in [0.1, 0.15) is 17.0 Å². The fourth-order valence-corrected chi connectivity index (χ4v) is 5.10. The number of aromatic nitrogens is 2. The summed E-state index contributed by atoms with van der Waals surface area (Å²) >= 11 is 1.65. The number of imidazole rings is 1. The van der Waals surface area contributed by atoms with Gasteiger partial charge in [0.2, 0.25) is 0 Å². The van der Waals surface area contributed by atoms with Gasteiger partial charge in [-0.2, -0.15) is 0 Å². The Hall–Kier alpha value is -2.90. The van der Waals surface area contributed by atoms with Crippen molar-refractivity contribution in [3.8, 4) is 0 Å². The van der Waals surface area contributed by atoms with Crippen LogP contribution in [-0.4, -0.2) is 23.6 Å². The van der Waals surface area contributed by atoms with Crippen LogP contribution in [0.4, 0.5) is 4.39 Å². The molecule has 0 N–H and O–H groups in total. The standard InChI is InChI=1S/C23H19FN2O2S2/c1-16-15-19(12-13-20(16)24)30(27,28)26-22-6-4-3-5-21(22)25-23(26)14-9-17-7-10-18(29-2)11-8-17/h3-15H,1-2H3/b14-9+. The van der Waals surface area contributed by atoms with Crippen molar-refractivity contribution in [1.82, 2.24) is 8.96 Å². The number of thioether (sulfide) groups is 1. The molecule has 0 spiro atoms. The van der Waals surface area contributed by atoms with Gasteiger partial charge in [0.1, 0.15) is 11.6 Å². The highest BCUT2D eigenvalue weighted by Crippen LogP contribution is 2.26. The lowest BCUT2D eigenvalue weighted by atomic mass is 10.2. The highest BCUT2D eigenvalue weighted by atomic mass is 32.2. The lowest BCUT2D eigenvalue weighted by Crippen LogP contribution is -2.15. The molecule has 30 heavy (non-hydrogen) atoms. The zero-order chi connectivity index (χ0) is 21.3. The van der Waals surface area contributed by atoms with E-state index in [4.69, 9.17) is 0 Å². The number of rotatable bonds is 5. The maximum Gasteiger partial charge on any atom is 0.269 e. The first-order valence-corrected chi connectivity index (χ1v) is 11.9. The molecule has 1 heterocycles. The van der Waals surface area contributed by atoms with Gasteiger partial charge >= 0.3 is 0 Å². The molecule has 0 unspecified atom stereocenters. The molecule has 4 aromatic rings. The predicted molar refractivity (Wildman–Crippen MR) is 121 cm³/mol. The van der Waals surface area contributed by atoms with Gasteiger partial charge < -0.3 is 0 Å². The van der Waals surface area contributed by atoms with Crippen molar-refractivity contribution in [2.24, 2.45) is 0 Å². The third kappa shape index (κ3) is 3.78. The summed E-state index contributed by atoms with van der Waals surface area (Å²) in [5.41, 5.74) is 2.24. The lowest BCUT2D eigenvalue weighted by molar-refractivity contribution is 0.586. The second-order valence-electron chi connectivity index (χ2n) is 6.75. The van der Waals surface area contributed by atoms with Crippen LogP contribution in [0.5, 0.6) is 0 Å². The quantitative estimate of drug-likeness (QED) is 0.380. The Balaban J connectivity index is 1.86. The summed E-state index contributed by atoms with van der Waals surface area (Å²) in [5.74, 6) is -0.162. The number of hydrogen-bond donors (Lipinski definition) is 0. The van der Waals surface area contributed by atoms with Gasteiger partial charge in [0, 0.05) is 4.90 Å². The van der Waals surface area contributed by atoms with Crippen LogP contribution in [0.25, 0.3) is 23.2 Å². The van der Waals surface area contributed by atoms with Crippen LogP contribution in [0, 0.1) is 12.7 Å². The van der Waals surface area contributed by atoms with Crippen LogP contribution >= 0.6 is 11.8 Å². The monoisotopic (exact) mass is 438 g/mol. The molecule has 0 radical (unpaired) electrons. The van der Waals surface area contributed by atoms with Gasteiger partial charge in [-0.05, 0) is 72.8 Å². The molecule has 0 atom stereocenters. The first kappa shape index (κ1) is 20.4. The normalized spacial score (nSPS) is 12.1. The number of halogens is 1. The molecule has 0 aliphatic heterocycles. The van der Waals surface area contributed by atoms with Gasteiger partial charge in [-0.3, -0.25) is 0 Å². The van der Waals surface area contributed by atoms with Crippen LogP contribution in [0.15, 0.2) is 76.5 Å². The summed E-state index contributed by atoms with van der Waals surface area (Å²) in [6.45, 7) is 1.54. The van der Waals surface area contributed by atoms with Crippen molar-refractivity contribution in [1.29, 1.82) is 0 Å². The Labute approximate surface area is 179 Å². The first-order chi connectivity index (χ1) is 14.4. The average Bonchev–Trinajstić information content (AvgIpc) is 3.13. The highest BCUT2D eigenvalue weighted by Gasteiger charge is 2.23. The molecule has 0 bridgehead atoms. The van der Waals surface area contributed by atoms with Gasteiger partial charge in [0.05, 0.1) is 15.9 Å². The molecule has 7 heteroatoms. The molecule has 0 aliphatic rings. The molecular weight excluding hydrogens is 419 g/mol. The fourth-order valence-electron chi connectivity index (χ4n) is 3.15. The first-order valence-electron chi connectivity index (χ1n) is 9.21. The summed E-state index contributed by atoms with van der Waals surface area (Å²) in [5, 5.41) is 0. The third-order valence-corrected chi connectivity index (χ3v) is 7.21. The molecule has 0 amide bonds. The van der Waals surface area contributed by atoms with Crippen molar-refractivity contribution in [2.75, 3.05) is 6.26 Å². The van der Waals surface area contributed by atoms with Crippen LogP contribution in [0.3, 0.4) is 0 Å². The molecule has 3 aromatic carbocycles. The Kier molecular flexibility index (Phi) is 5.49. The van der Waals surface area contributed by atoms with Crippen molar-refractivity contribution in [2.45, 2.75) is 16.7 Å². The second kappa shape index (κ2) is 8.08. The number of aryl methyl sites for hydroxylation is 1. The van der Waals surface area contributed by atoms with E-state index in [-0.39, 0.29) is 16.3 Å². The van der Waals surface area contributed by atoms with E-state index in [2.05, 4.69) is 4.98 Å². The number of para-hydroxylation sites is 2. The summed E-state index contributed by atoms with van der Waals surface area (Å²) in [6.07, 6.45) is 5.52. The molecule has 4 nitrogen and oxygen atoms in total. The van der Waals surface area contributed by atoms with Crippen molar-refractivity contribution >= 4 is 45.0 Å². The molecule has 4 rings (SSSR count). The molecule has 0 saturated heterocycles. The van der Waals surface area contributed by atoms with E-state index in [1.54, 1.807) is 43.0 Å². The minimum atomic E-state index is -3.97. The predicted octanol–water partition coefficient (Wildman–Crippen LogP) is 5.61. The maximum atomic E-state index is 13.7. The molecule has 0 fully saturated rings. The molecular formula is C23H19FN2O2S2. The number of hydrogen-bond acceptors (Lipinski definition) is 4. The van der Waals surface area contributed by atoms with Crippen LogP contribution < -0.4 is 0 Å². The summed E-state index contributed by atoms with van der Waals surface area (Å²) in [4.78, 5) is 5.68. The Bertz CT molecular complexity index is 1360. The fraction of sp³-hybridized carbons (Fsp3) is 0.0870. The molecule has 1 aromatic heterocycles. The van der Waals surface area contributed by atoms with E-state index in [1.165, 1.54) is 22.2 Å². The Morgan fingerprint density at radius 3 is 2.43 bits per heavy atom. The smallest absolute Gasteiger partial charge is 0.228 e. The number of fused-ring (bicyclic) bond motifs is 1. The largest absolute Gasteiger partial charge is 0.269 e. The lowest BCUT2D eigenvalue weighted by Gasteiger charge is -2.10. The van der Waals surface area contributed by atoms with E-state index in [9.17, 15) is 12.8 Å². The van der Waals surface area contributed by atoms with Gasteiger partial charge in [-0.1, -0.05) is 30.3 Å². The number of benzene rings is 3. The summed E-state index contributed by atoms with van der Waals surface area (Å²) < 4.78 is 41.8. The SMILES string of the molecule is CSc1ccc(/C=C/c2nc3ccccc3n2S(=O)(=O)c2ccc(F)c(C)c2)cc1. The highest BCUT2D eigenvalue weighted by molar-refractivity contribution is 7.98. The summed E-state index contributed by atoms with van der Waals surface area (Å²) in [6, 6.07) is 18.8. The van der Waals surface area contributed by atoms with E-state index < -0.39 is 15.8 Å². The molecule has 0 aliphatic carbocycles. The minimum Gasteiger partial charge on any atom is -0.228 e. The van der Waals surface area contributed by atoms with Crippen molar-refractivity contribution in [3.05, 3.63) is 89.5 Å². The van der Waals surface area contributed by atoms with Gasteiger partial charge in [-0.25, -0.2) is 21.8 Å². The zero-order valence-electron chi connectivity index (χ0n) is 16.4. The van der Waals surface area contributed by atoms with Gasteiger partial charge in [-0.15, -0.1) is 11.8 Å². The second-order valence-corrected chi connectivity index (χ2v) is 9.41. The van der Waals surface area contributed by atoms with Crippen molar-refractivity contribution in [3.63, 3.8) is 0 Å². The van der Waals surface area contributed by atoms with E-state index in [0.717, 1.165) is 10.5 Å². The zero-order valence-corrected chi connectivity index (χ0v) is 18.0. The Morgan fingerprint density at radius 2 is 1.73 bits per heavy atom. The summed E-state index contributed by atoms with van der Waals surface area (Å²) in [7, 11) is -3.97. The van der Waals surface area contributed by atoms with Gasteiger partial charge in [0.25, 0.3) is 10.0 Å². The minimum absolute atomic E-state index is 0.0172. The van der Waals surface area contributed by atoms with Gasteiger partial charge in [0.15, 0.2) is 0 Å². The van der Waals surface area contributed by atoms with E-state index >= 15 is 0 Å². The number of nitrogens with zero attached hydrogens (tertiary/aromatic N) is 2. The van der Waals surface area contributed by atoms with Crippen molar-refractivity contribution < 1.29 is 12.8 Å². The maximum absolute atomic E-state index is 13.7. The van der Waals surface area contributed by atoms with Crippen LogP contribution in [-0.2, 0) is 10.0 Å².